The molecule has 3 aromatic rings. The van der Waals surface area contributed by atoms with E-state index in [-0.39, 0.29) is 17.4 Å². The van der Waals surface area contributed by atoms with Gasteiger partial charge in [-0.25, -0.2) is 4.98 Å². The van der Waals surface area contributed by atoms with Crippen molar-refractivity contribution in [1.82, 2.24) is 9.38 Å². The Balaban J connectivity index is 1.77. The van der Waals surface area contributed by atoms with Crippen molar-refractivity contribution in [3.8, 4) is 17.9 Å². The second-order valence-corrected chi connectivity index (χ2v) is 7.82. The van der Waals surface area contributed by atoms with Gasteiger partial charge in [0.1, 0.15) is 5.75 Å². The summed E-state index contributed by atoms with van der Waals surface area (Å²) in [4.78, 5) is 19.1. The van der Waals surface area contributed by atoms with Crippen molar-refractivity contribution < 1.29 is 4.74 Å². The topological polar surface area (TPSA) is 91.2 Å². The Labute approximate surface area is 159 Å². The first-order valence-electron chi connectivity index (χ1n) is 8.54. The Kier molecular flexibility index (Phi) is 4.18. The number of fused-ring (bicyclic) bond motifs is 1. The number of hydrogen-bond acceptors (Lipinski definition) is 6. The minimum Gasteiger partial charge on any atom is -0.496 e. The fourth-order valence-electron chi connectivity index (χ4n) is 3.48. The van der Waals surface area contributed by atoms with Crippen molar-refractivity contribution in [2.24, 2.45) is 5.92 Å². The highest BCUT2D eigenvalue weighted by atomic mass is 32.1. The predicted molar refractivity (Wildman–Crippen MR) is 101 cm³/mol. The van der Waals surface area contributed by atoms with Gasteiger partial charge in [0.15, 0.2) is 4.96 Å². The molecular weight excluding hydrogens is 360 g/mol. The summed E-state index contributed by atoms with van der Waals surface area (Å²) in [5.74, 6) is 0.779. The van der Waals surface area contributed by atoms with Crippen molar-refractivity contribution in [1.29, 1.82) is 10.5 Å². The zero-order valence-corrected chi connectivity index (χ0v) is 15.7. The number of thiazole rings is 1. The van der Waals surface area contributed by atoms with Crippen LogP contribution in [-0.2, 0) is 6.42 Å². The molecule has 134 valence electrons. The molecule has 0 N–H and O–H groups in total. The van der Waals surface area contributed by atoms with Gasteiger partial charge in [-0.2, -0.15) is 10.5 Å². The van der Waals surface area contributed by atoms with Crippen LogP contribution in [0.15, 0.2) is 29.1 Å². The first kappa shape index (κ1) is 17.3. The molecule has 1 saturated carbocycles. The fraction of sp³-hybridized carbons (Fsp3) is 0.300. The number of rotatable bonds is 4. The third kappa shape index (κ3) is 2.97. The summed E-state index contributed by atoms with van der Waals surface area (Å²) < 4.78 is 7.02. The van der Waals surface area contributed by atoms with Crippen LogP contribution in [0, 0.1) is 35.5 Å². The first-order chi connectivity index (χ1) is 13.0. The number of aryl methyl sites for hydroxylation is 1. The van der Waals surface area contributed by atoms with Crippen LogP contribution in [0.2, 0.25) is 0 Å². The van der Waals surface area contributed by atoms with Crippen molar-refractivity contribution in [3.05, 3.63) is 62.0 Å². The van der Waals surface area contributed by atoms with Gasteiger partial charge in [0.25, 0.3) is 5.56 Å². The molecule has 0 amide bonds. The van der Waals surface area contributed by atoms with Gasteiger partial charge in [-0.1, -0.05) is 0 Å². The number of benzene rings is 1. The molecule has 2 unspecified atom stereocenters. The van der Waals surface area contributed by atoms with Gasteiger partial charge in [0.05, 0.1) is 36.4 Å². The third-order valence-electron chi connectivity index (χ3n) is 4.88. The maximum Gasteiger partial charge on any atom is 0.258 e. The van der Waals surface area contributed by atoms with E-state index in [1.54, 1.807) is 29.7 Å². The minimum absolute atomic E-state index is 0.00828. The summed E-state index contributed by atoms with van der Waals surface area (Å²) in [6.45, 7) is 1.97. The molecule has 7 heteroatoms. The summed E-state index contributed by atoms with van der Waals surface area (Å²) in [6.07, 6.45) is 1.20. The fourth-order valence-corrected chi connectivity index (χ4v) is 4.55. The van der Waals surface area contributed by atoms with E-state index in [0.717, 1.165) is 22.6 Å². The van der Waals surface area contributed by atoms with E-state index in [0.29, 0.717) is 28.4 Å². The lowest BCUT2D eigenvalue weighted by Crippen LogP contribution is -2.16. The molecule has 1 aliphatic rings. The number of aromatic nitrogens is 2. The van der Waals surface area contributed by atoms with Gasteiger partial charge in [-0.15, -0.1) is 11.3 Å². The lowest BCUT2D eigenvalue weighted by molar-refractivity contribution is 0.410. The van der Waals surface area contributed by atoms with Crippen LogP contribution in [0.3, 0.4) is 0 Å². The van der Waals surface area contributed by atoms with Gasteiger partial charge >= 0.3 is 0 Å². The van der Waals surface area contributed by atoms with Crippen LogP contribution >= 0.6 is 11.3 Å². The Morgan fingerprint density at radius 1 is 1.37 bits per heavy atom. The summed E-state index contributed by atoms with van der Waals surface area (Å²) in [5, 5.41) is 18.3. The summed E-state index contributed by atoms with van der Waals surface area (Å²) in [7, 11) is 1.58. The molecule has 27 heavy (non-hydrogen) atoms. The maximum atomic E-state index is 12.8. The molecule has 1 aliphatic carbocycles. The van der Waals surface area contributed by atoms with Gasteiger partial charge in [-0.05, 0) is 31.5 Å². The van der Waals surface area contributed by atoms with Gasteiger partial charge < -0.3 is 4.74 Å². The van der Waals surface area contributed by atoms with Gasteiger partial charge in [0.2, 0.25) is 0 Å². The van der Waals surface area contributed by atoms with Gasteiger partial charge in [0, 0.05) is 34.5 Å². The van der Waals surface area contributed by atoms with Crippen LogP contribution in [0.5, 0.6) is 5.75 Å². The number of nitrogens with zero attached hydrogens (tertiary/aromatic N) is 4. The van der Waals surface area contributed by atoms with Crippen molar-refractivity contribution in [3.63, 3.8) is 0 Å². The highest BCUT2D eigenvalue weighted by molar-refractivity contribution is 7.17. The summed E-state index contributed by atoms with van der Waals surface area (Å²) in [6, 6.07) is 11.1. The average molecular weight is 376 g/mol. The lowest BCUT2D eigenvalue weighted by Gasteiger charge is -2.09. The largest absolute Gasteiger partial charge is 0.496 e. The van der Waals surface area contributed by atoms with Crippen LogP contribution in [0.25, 0.3) is 4.96 Å². The minimum atomic E-state index is -0.131. The highest BCUT2D eigenvalue weighted by Crippen LogP contribution is 2.49. The number of methoxy groups -OCH3 is 1. The summed E-state index contributed by atoms with van der Waals surface area (Å²) >= 11 is 1.47. The van der Waals surface area contributed by atoms with Crippen LogP contribution in [0.4, 0.5) is 0 Å². The second kappa shape index (κ2) is 6.53. The SMILES string of the molecule is COc1ccc(C#N)cc1Cc1cc(=O)n2c(C3CC3C#N)c(C)sc2n1. The van der Waals surface area contributed by atoms with E-state index in [4.69, 9.17) is 15.3 Å². The van der Waals surface area contributed by atoms with E-state index in [1.165, 1.54) is 17.4 Å². The molecular formula is C20H16N4O2S. The van der Waals surface area contributed by atoms with E-state index in [1.807, 2.05) is 6.92 Å². The Morgan fingerprint density at radius 2 is 2.19 bits per heavy atom. The van der Waals surface area contributed by atoms with Crippen molar-refractivity contribution >= 4 is 16.3 Å². The number of hydrogen-bond donors (Lipinski definition) is 0. The second-order valence-electron chi connectivity index (χ2n) is 6.64. The Hall–Kier alpha value is -3.16. The lowest BCUT2D eigenvalue weighted by atomic mass is 10.1. The quantitative estimate of drug-likeness (QED) is 0.697. The maximum absolute atomic E-state index is 12.8. The Bertz CT molecular complexity index is 1200. The number of ether oxygens (including phenoxy) is 1. The van der Waals surface area contributed by atoms with Crippen LogP contribution < -0.4 is 10.3 Å². The molecule has 0 spiro atoms. The molecule has 0 bridgehead atoms. The molecule has 6 nitrogen and oxygen atoms in total. The third-order valence-corrected chi connectivity index (χ3v) is 5.85. The summed E-state index contributed by atoms with van der Waals surface area (Å²) in [5.41, 5.74) is 2.78. The molecule has 4 rings (SSSR count). The molecule has 2 heterocycles. The molecule has 0 saturated heterocycles. The first-order valence-corrected chi connectivity index (χ1v) is 9.36. The Morgan fingerprint density at radius 3 is 2.85 bits per heavy atom. The van der Waals surface area contributed by atoms with E-state index in [2.05, 4.69) is 17.1 Å². The van der Waals surface area contributed by atoms with E-state index < -0.39 is 0 Å². The highest BCUT2D eigenvalue weighted by Gasteiger charge is 2.42. The van der Waals surface area contributed by atoms with Crippen molar-refractivity contribution in [2.75, 3.05) is 7.11 Å². The molecule has 0 radical (unpaired) electrons. The molecule has 1 fully saturated rings. The van der Waals surface area contributed by atoms with E-state index in [9.17, 15) is 4.79 Å². The molecule has 2 atom stereocenters. The predicted octanol–water partition coefficient (Wildman–Crippen LogP) is 3.16. The average Bonchev–Trinajstić information content (AvgIpc) is 3.36. The van der Waals surface area contributed by atoms with Crippen molar-refractivity contribution in [2.45, 2.75) is 25.7 Å². The molecule has 1 aromatic carbocycles. The van der Waals surface area contributed by atoms with E-state index >= 15 is 0 Å². The van der Waals surface area contributed by atoms with Crippen LogP contribution in [-0.4, -0.2) is 16.5 Å². The smallest absolute Gasteiger partial charge is 0.258 e. The zero-order valence-electron chi connectivity index (χ0n) is 14.9. The standard InChI is InChI=1S/C20H16N4O2S/c1-11-19(16-7-14(16)10-22)24-18(25)8-15(23-20(24)27-11)6-13-5-12(9-21)3-4-17(13)26-2/h3-5,8,14,16H,6-7H2,1-2H3. The number of nitriles is 2. The monoisotopic (exact) mass is 376 g/mol. The molecule has 0 aliphatic heterocycles. The zero-order chi connectivity index (χ0) is 19.1. The normalized spacial score (nSPS) is 18.1. The molecule has 2 aromatic heterocycles. The van der Waals surface area contributed by atoms with Crippen LogP contribution in [0.1, 0.15) is 39.7 Å². The van der Waals surface area contributed by atoms with Gasteiger partial charge in [-0.3, -0.25) is 9.20 Å².